The molecule has 0 amide bonds. The summed E-state index contributed by atoms with van der Waals surface area (Å²) in [6, 6.07) is 8.30. The number of aryl methyl sites for hydroxylation is 1. The number of carbonyl (C=O) groups is 1. The van der Waals surface area contributed by atoms with Crippen molar-refractivity contribution in [1.82, 2.24) is 0 Å². The summed E-state index contributed by atoms with van der Waals surface area (Å²) >= 11 is 6.17. The first-order chi connectivity index (χ1) is 9.97. The van der Waals surface area contributed by atoms with Crippen LogP contribution in [0, 0.1) is 6.92 Å². The van der Waals surface area contributed by atoms with Gasteiger partial charge in [-0.15, -0.1) is 0 Å². The molecule has 5 heteroatoms. The third-order valence-corrected chi connectivity index (χ3v) is 3.57. The van der Waals surface area contributed by atoms with Gasteiger partial charge >= 0.3 is 0 Å². The van der Waals surface area contributed by atoms with Crippen LogP contribution in [0.2, 0.25) is 5.02 Å². The summed E-state index contributed by atoms with van der Waals surface area (Å²) in [4.78, 5) is 12.6. The van der Waals surface area contributed by atoms with Crippen molar-refractivity contribution in [1.29, 1.82) is 0 Å². The van der Waals surface area contributed by atoms with Gasteiger partial charge in [0.05, 0.1) is 19.2 Å². The normalized spacial score (nSPS) is 10.3. The van der Waals surface area contributed by atoms with Gasteiger partial charge in [-0.2, -0.15) is 0 Å². The highest BCUT2D eigenvalue weighted by atomic mass is 35.5. The predicted molar refractivity (Wildman–Crippen MR) is 83.6 cm³/mol. The van der Waals surface area contributed by atoms with Crippen molar-refractivity contribution in [3.63, 3.8) is 0 Å². The maximum atomic E-state index is 12.6. The van der Waals surface area contributed by atoms with Crippen molar-refractivity contribution < 1.29 is 14.3 Å². The van der Waals surface area contributed by atoms with E-state index in [1.807, 2.05) is 6.92 Å². The Kier molecular flexibility index (Phi) is 4.38. The molecule has 0 bridgehead atoms. The molecule has 0 heterocycles. The molecule has 21 heavy (non-hydrogen) atoms. The maximum absolute atomic E-state index is 12.6. The summed E-state index contributed by atoms with van der Waals surface area (Å²) in [6.07, 6.45) is 0. The van der Waals surface area contributed by atoms with E-state index in [1.165, 1.54) is 14.2 Å². The lowest BCUT2D eigenvalue weighted by Crippen LogP contribution is -2.05. The molecule has 110 valence electrons. The number of ketones is 1. The minimum Gasteiger partial charge on any atom is -0.493 e. The molecule has 0 radical (unpaired) electrons. The number of hydrogen-bond acceptors (Lipinski definition) is 4. The average molecular weight is 306 g/mol. The number of hydrogen-bond donors (Lipinski definition) is 1. The van der Waals surface area contributed by atoms with Gasteiger partial charge in [-0.25, -0.2) is 0 Å². The molecule has 0 spiro atoms. The number of methoxy groups -OCH3 is 2. The van der Waals surface area contributed by atoms with E-state index in [4.69, 9.17) is 26.8 Å². The van der Waals surface area contributed by atoms with Gasteiger partial charge in [0.15, 0.2) is 17.3 Å². The molecule has 0 fully saturated rings. The molecular weight excluding hydrogens is 290 g/mol. The van der Waals surface area contributed by atoms with Crippen LogP contribution in [0.15, 0.2) is 30.3 Å². The van der Waals surface area contributed by atoms with Crippen LogP contribution >= 0.6 is 11.6 Å². The Hall–Kier alpha value is -2.20. The van der Waals surface area contributed by atoms with Gasteiger partial charge in [-0.1, -0.05) is 23.7 Å². The quantitative estimate of drug-likeness (QED) is 0.694. The summed E-state index contributed by atoms with van der Waals surface area (Å²) in [7, 11) is 3.01. The highest BCUT2D eigenvalue weighted by molar-refractivity contribution is 6.35. The van der Waals surface area contributed by atoms with E-state index in [2.05, 4.69) is 0 Å². The third kappa shape index (κ3) is 2.95. The van der Waals surface area contributed by atoms with Gasteiger partial charge in [0.2, 0.25) is 0 Å². The Labute approximate surface area is 128 Å². The van der Waals surface area contributed by atoms with Gasteiger partial charge in [0.25, 0.3) is 0 Å². The van der Waals surface area contributed by atoms with E-state index in [1.54, 1.807) is 30.3 Å². The van der Waals surface area contributed by atoms with Crippen LogP contribution in [0.5, 0.6) is 11.5 Å². The smallest absolute Gasteiger partial charge is 0.194 e. The van der Waals surface area contributed by atoms with Gasteiger partial charge < -0.3 is 15.2 Å². The molecule has 0 aliphatic heterocycles. The Morgan fingerprint density at radius 1 is 1.10 bits per heavy atom. The Balaban J connectivity index is 2.50. The molecule has 2 N–H and O–H groups in total. The van der Waals surface area contributed by atoms with Crippen LogP contribution in [0.1, 0.15) is 21.5 Å². The number of rotatable bonds is 4. The van der Waals surface area contributed by atoms with Crippen LogP contribution in [0.25, 0.3) is 0 Å². The highest BCUT2D eigenvalue weighted by Gasteiger charge is 2.17. The summed E-state index contributed by atoms with van der Waals surface area (Å²) in [6.45, 7) is 1.88. The van der Waals surface area contributed by atoms with E-state index in [9.17, 15) is 4.79 Å². The van der Waals surface area contributed by atoms with Crippen molar-refractivity contribution in [3.05, 3.63) is 52.0 Å². The predicted octanol–water partition coefficient (Wildman–Crippen LogP) is 3.48. The third-order valence-electron chi connectivity index (χ3n) is 3.26. The van der Waals surface area contributed by atoms with E-state index >= 15 is 0 Å². The molecule has 0 aliphatic carbocycles. The SMILES string of the molecule is COc1cc(Cl)c(C(=O)c2ccc(C)c(N)c2)cc1OC. The molecule has 2 aromatic rings. The highest BCUT2D eigenvalue weighted by Crippen LogP contribution is 2.34. The lowest BCUT2D eigenvalue weighted by Gasteiger charge is -2.11. The number of ether oxygens (including phenoxy) is 2. The monoisotopic (exact) mass is 305 g/mol. The average Bonchev–Trinajstić information content (AvgIpc) is 2.49. The zero-order chi connectivity index (χ0) is 15.6. The van der Waals surface area contributed by atoms with Gasteiger partial charge in [-0.3, -0.25) is 4.79 Å². The largest absolute Gasteiger partial charge is 0.493 e. The molecule has 2 aromatic carbocycles. The summed E-state index contributed by atoms with van der Waals surface area (Å²) in [5.74, 6) is 0.709. The second-order valence-electron chi connectivity index (χ2n) is 4.59. The van der Waals surface area contributed by atoms with Crippen LogP contribution in [0.4, 0.5) is 5.69 Å². The molecule has 0 unspecified atom stereocenters. The standard InChI is InChI=1S/C16H16ClNO3/c1-9-4-5-10(6-13(9)18)16(19)11-7-14(20-2)15(21-3)8-12(11)17/h4-8H,18H2,1-3H3. The number of halogens is 1. The second-order valence-corrected chi connectivity index (χ2v) is 4.99. The zero-order valence-corrected chi connectivity index (χ0v) is 12.8. The number of nitrogens with two attached hydrogens (primary N) is 1. The number of carbonyl (C=O) groups excluding carboxylic acids is 1. The Morgan fingerprint density at radius 2 is 1.71 bits per heavy atom. The number of nitrogen functional groups attached to an aromatic ring is 1. The van der Waals surface area contributed by atoms with Crippen LogP contribution in [-0.4, -0.2) is 20.0 Å². The van der Waals surface area contributed by atoms with E-state index in [0.29, 0.717) is 33.3 Å². The van der Waals surface area contributed by atoms with E-state index in [-0.39, 0.29) is 5.78 Å². The van der Waals surface area contributed by atoms with Crippen molar-refractivity contribution in [2.75, 3.05) is 20.0 Å². The molecule has 0 aliphatic rings. The molecule has 0 atom stereocenters. The Bertz CT molecular complexity index is 698. The Morgan fingerprint density at radius 3 is 2.29 bits per heavy atom. The summed E-state index contributed by atoms with van der Waals surface area (Å²) in [5.41, 5.74) is 8.16. The molecule has 0 aromatic heterocycles. The lowest BCUT2D eigenvalue weighted by atomic mass is 10.0. The summed E-state index contributed by atoms with van der Waals surface area (Å²) in [5, 5.41) is 0.303. The van der Waals surface area contributed by atoms with Gasteiger partial charge in [0, 0.05) is 22.9 Å². The fourth-order valence-electron chi connectivity index (χ4n) is 1.97. The molecule has 4 nitrogen and oxygen atoms in total. The topological polar surface area (TPSA) is 61.5 Å². The first-order valence-electron chi connectivity index (χ1n) is 6.30. The summed E-state index contributed by atoms with van der Waals surface area (Å²) < 4.78 is 10.4. The van der Waals surface area contributed by atoms with Crippen molar-refractivity contribution in [2.45, 2.75) is 6.92 Å². The van der Waals surface area contributed by atoms with E-state index in [0.717, 1.165) is 5.56 Å². The molecule has 0 saturated carbocycles. The van der Waals surface area contributed by atoms with E-state index < -0.39 is 0 Å². The van der Waals surface area contributed by atoms with Crippen molar-refractivity contribution >= 4 is 23.1 Å². The second kappa shape index (κ2) is 6.06. The number of anilines is 1. The molecule has 2 rings (SSSR count). The lowest BCUT2D eigenvalue weighted by molar-refractivity contribution is 0.103. The molecular formula is C16H16ClNO3. The fourth-order valence-corrected chi connectivity index (χ4v) is 2.20. The van der Waals surface area contributed by atoms with Gasteiger partial charge in [-0.05, 0) is 24.6 Å². The minimum absolute atomic E-state index is 0.215. The molecule has 0 saturated heterocycles. The van der Waals surface area contributed by atoms with Crippen LogP contribution < -0.4 is 15.2 Å². The van der Waals surface area contributed by atoms with Gasteiger partial charge in [0.1, 0.15) is 0 Å². The van der Waals surface area contributed by atoms with Crippen molar-refractivity contribution in [3.8, 4) is 11.5 Å². The van der Waals surface area contributed by atoms with Crippen LogP contribution in [-0.2, 0) is 0 Å². The fraction of sp³-hybridized carbons (Fsp3) is 0.188. The first kappa shape index (κ1) is 15.2. The van der Waals surface area contributed by atoms with Crippen LogP contribution in [0.3, 0.4) is 0 Å². The first-order valence-corrected chi connectivity index (χ1v) is 6.68. The maximum Gasteiger partial charge on any atom is 0.194 e. The minimum atomic E-state index is -0.215. The van der Waals surface area contributed by atoms with Crippen molar-refractivity contribution in [2.24, 2.45) is 0 Å². The number of benzene rings is 2. The zero-order valence-electron chi connectivity index (χ0n) is 12.1.